The summed E-state index contributed by atoms with van der Waals surface area (Å²) in [5, 5.41) is 9.95. The lowest BCUT2D eigenvalue weighted by Crippen LogP contribution is -1.99. The lowest BCUT2D eigenvalue weighted by Gasteiger charge is -2.10. The summed E-state index contributed by atoms with van der Waals surface area (Å²) in [4.78, 5) is 5.08. The first kappa shape index (κ1) is 11.2. The fourth-order valence-electron chi connectivity index (χ4n) is 1.38. The normalized spacial score (nSPS) is 12.3. The molecule has 0 saturated heterocycles. The quantitative estimate of drug-likeness (QED) is 0.821. The molecule has 16 heavy (non-hydrogen) atoms. The van der Waals surface area contributed by atoms with Gasteiger partial charge < -0.3 is 5.11 Å². The van der Waals surface area contributed by atoms with Crippen LogP contribution < -0.4 is 0 Å². The minimum Gasteiger partial charge on any atom is -0.388 e. The lowest BCUT2D eigenvalue weighted by atomic mass is 10.1. The molecule has 82 valence electrons. The molecule has 0 radical (unpaired) electrons. The second-order valence-electron chi connectivity index (χ2n) is 3.42. The number of hydrogen-bond acceptors (Lipinski definition) is 3. The van der Waals surface area contributed by atoms with E-state index in [1.54, 1.807) is 24.2 Å². The molecule has 0 aliphatic rings. The van der Waals surface area contributed by atoms with Crippen LogP contribution in [0, 0.1) is 0 Å². The molecule has 0 amide bonds. The van der Waals surface area contributed by atoms with Gasteiger partial charge in [0.05, 0.1) is 6.10 Å². The minimum atomic E-state index is -0.417. The topological polar surface area (TPSA) is 33.1 Å². The van der Waals surface area contributed by atoms with Gasteiger partial charge in [-0.3, -0.25) is 4.98 Å². The first-order valence-corrected chi connectivity index (χ1v) is 6.10. The molecule has 1 N–H and O–H groups in total. The molecule has 1 atom stereocenters. The molecule has 0 aliphatic carbocycles. The Bertz CT molecular complexity index is 418. The molecular weight excluding hydrogens is 218 g/mol. The standard InChI is InChI=1S/C13H13NOS/c15-13(11-4-2-1-3-5-11)10-16-12-6-8-14-9-7-12/h1-9,13,15H,10H2. The smallest absolute Gasteiger partial charge is 0.0883 e. The van der Waals surface area contributed by atoms with Crippen molar-refractivity contribution in [2.75, 3.05) is 5.75 Å². The SMILES string of the molecule is OC(CSc1ccncc1)c1ccccc1. The Morgan fingerprint density at radius 1 is 1.06 bits per heavy atom. The average Bonchev–Trinajstić information content (AvgIpc) is 2.38. The molecule has 3 heteroatoms. The zero-order chi connectivity index (χ0) is 11.2. The summed E-state index contributed by atoms with van der Waals surface area (Å²) >= 11 is 1.63. The highest BCUT2D eigenvalue weighted by atomic mass is 32.2. The second kappa shape index (κ2) is 5.68. The van der Waals surface area contributed by atoms with Crippen LogP contribution >= 0.6 is 11.8 Å². The van der Waals surface area contributed by atoms with Gasteiger partial charge in [0.2, 0.25) is 0 Å². The van der Waals surface area contributed by atoms with Crippen LogP contribution in [0.15, 0.2) is 59.8 Å². The highest BCUT2D eigenvalue weighted by molar-refractivity contribution is 7.99. The molecule has 0 bridgehead atoms. The number of thioether (sulfide) groups is 1. The Hall–Kier alpha value is -1.32. The summed E-state index contributed by atoms with van der Waals surface area (Å²) in [5.74, 6) is 0.661. The fraction of sp³-hybridized carbons (Fsp3) is 0.154. The van der Waals surface area contributed by atoms with Gasteiger partial charge in [0.1, 0.15) is 0 Å². The molecule has 1 aromatic heterocycles. The van der Waals surface area contributed by atoms with E-state index in [0.29, 0.717) is 5.75 Å². The van der Waals surface area contributed by atoms with Crippen LogP contribution in [0.4, 0.5) is 0 Å². The molecule has 0 aliphatic heterocycles. The van der Waals surface area contributed by atoms with Gasteiger partial charge in [-0.2, -0.15) is 0 Å². The first-order chi connectivity index (χ1) is 7.86. The van der Waals surface area contributed by atoms with Crippen LogP contribution in [-0.4, -0.2) is 15.8 Å². The van der Waals surface area contributed by atoms with E-state index in [4.69, 9.17) is 0 Å². The van der Waals surface area contributed by atoms with E-state index in [2.05, 4.69) is 4.98 Å². The summed E-state index contributed by atoms with van der Waals surface area (Å²) in [6.07, 6.45) is 3.11. The zero-order valence-electron chi connectivity index (χ0n) is 8.78. The summed E-state index contributed by atoms with van der Waals surface area (Å²) in [7, 11) is 0. The third kappa shape index (κ3) is 3.08. The summed E-state index contributed by atoms with van der Waals surface area (Å²) in [6.45, 7) is 0. The molecule has 0 saturated carbocycles. The van der Waals surface area contributed by atoms with E-state index in [0.717, 1.165) is 10.5 Å². The maximum atomic E-state index is 9.95. The Balaban J connectivity index is 1.92. The van der Waals surface area contributed by atoms with Crippen molar-refractivity contribution in [3.8, 4) is 0 Å². The number of aliphatic hydroxyl groups is 1. The predicted octanol–water partition coefficient (Wildman–Crippen LogP) is 2.91. The maximum absolute atomic E-state index is 9.95. The zero-order valence-corrected chi connectivity index (χ0v) is 9.60. The lowest BCUT2D eigenvalue weighted by molar-refractivity contribution is 0.204. The van der Waals surface area contributed by atoms with Crippen molar-refractivity contribution in [3.05, 3.63) is 60.4 Å². The monoisotopic (exact) mass is 231 g/mol. The number of aromatic nitrogens is 1. The third-order valence-electron chi connectivity index (χ3n) is 2.24. The van der Waals surface area contributed by atoms with E-state index >= 15 is 0 Å². The molecule has 2 rings (SSSR count). The molecule has 0 fully saturated rings. The van der Waals surface area contributed by atoms with Gasteiger partial charge in [-0.1, -0.05) is 30.3 Å². The van der Waals surface area contributed by atoms with Crippen molar-refractivity contribution in [1.29, 1.82) is 0 Å². The van der Waals surface area contributed by atoms with Crippen LogP contribution in [0.2, 0.25) is 0 Å². The maximum Gasteiger partial charge on any atom is 0.0883 e. The van der Waals surface area contributed by atoms with Crippen LogP contribution in [0.5, 0.6) is 0 Å². The molecule has 2 aromatic rings. The van der Waals surface area contributed by atoms with E-state index in [-0.39, 0.29) is 0 Å². The van der Waals surface area contributed by atoms with Crippen LogP contribution in [-0.2, 0) is 0 Å². The number of hydrogen-bond donors (Lipinski definition) is 1. The van der Waals surface area contributed by atoms with Crippen molar-refractivity contribution in [2.45, 2.75) is 11.0 Å². The molecule has 1 aromatic carbocycles. The van der Waals surface area contributed by atoms with E-state index in [1.807, 2.05) is 42.5 Å². The summed E-state index contributed by atoms with van der Waals surface area (Å²) < 4.78 is 0. The highest BCUT2D eigenvalue weighted by Gasteiger charge is 2.06. The van der Waals surface area contributed by atoms with E-state index in [9.17, 15) is 5.11 Å². The van der Waals surface area contributed by atoms with Gasteiger partial charge in [-0.25, -0.2) is 0 Å². The van der Waals surface area contributed by atoms with Gasteiger partial charge in [0, 0.05) is 23.0 Å². The van der Waals surface area contributed by atoms with Crippen molar-refractivity contribution in [1.82, 2.24) is 4.98 Å². The molecule has 1 unspecified atom stereocenters. The van der Waals surface area contributed by atoms with Crippen molar-refractivity contribution in [3.63, 3.8) is 0 Å². The highest BCUT2D eigenvalue weighted by Crippen LogP contribution is 2.23. The van der Waals surface area contributed by atoms with Crippen molar-refractivity contribution >= 4 is 11.8 Å². The summed E-state index contributed by atoms with van der Waals surface area (Å²) in [6, 6.07) is 13.6. The van der Waals surface area contributed by atoms with Crippen LogP contribution in [0.1, 0.15) is 11.7 Å². The van der Waals surface area contributed by atoms with Gasteiger partial charge >= 0.3 is 0 Å². The Morgan fingerprint density at radius 3 is 2.44 bits per heavy atom. The number of pyridine rings is 1. The molecular formula is C13H13NOS. The van der Waals surface area contributed by atoms with E-state index < -0.39 is 6.10 Å². The minimum absolute atomic E-state index is 0.417. The van der Waals surface area contributed by atoms with Crippen molar-refractivity contribution < 1.29 is 5.11 Å². The Kier molecular flexibility index (Phi) is 3.97. The van der Waals surface area contributed by atoms with Gasteiger partial charge in [-0.15, -0.1) is 11.8 Å². The van der Waals surface area contributed by atoms with Crippen LogP contribution in [0.3, 0.4) is 0 Å². The molecule has 1 heterocycles. The largest absolute Gasteiger partial charge is 0.388 e. The number of nitrogens with zero attached hydrogens (tertiary/aromatic N) is 1. The van der Waals surface area contributed by atoms with Crippen LogP contribution in [0.25, 0.3) is 0 Å². The average molecular weight is 231 g/mol. The van der Waals surface area contributed by atoms with E-state index in [1.165, 1.54) is 0 Å². The number of benzene rings is 1. The fourth-order valence-corrected chi connectivity index (χ4v) is 2.24. The Morgan fingerprint density at radius 2 is 1.75 bits per heavy atom. The van der Waals surface area contributed by atoms with Gasteiger partial charge in [0.15, 0.2) is 0 Å². The third-order valence-corrected chi connectivity index (χ3v) is 3.33. The molecule has 0 spiro atoms. The number of rotatable bonds is 4. The van der Waals surface area contributed by atoms with Gasteiger partial charge in [-0.05, 0) is 17.7 Å². The second-order valence-corrected chi connectivity index (χ2v) is 4.51. The predicted molar refractivity (Wildman–Crippen MR) is 66.4 cm³/mol. The first-order valence-electron chi connectivity index (χ1n) is 5.12. The number of aliphatic hydroxyl groups excluding tert-OH is 1. The van der Waals surface area contributed by atoms with Crippen molar-refractivity contribution in [2.24, 2.45) is 0 Å². The van der Waals surface area contributed by atoms with Gasteiger partial charge in [0.25, 0.3) is 0 Å². The molecule has 2 nitrogen and oxygen atoms in total. The Labute approximate surface area is 99.4 Å². The summed E-state index contributed by atoms with van der Waals surface area (Å²) in [5.41, 5.74) is 0.962.